The van der Waals surface area contributed by atoms with Gasteiger partial charge in [0.25, 0.3) is 0 Å². The predicted molar refractivity (Wildman–Crippen MR) is 50.3 cm³/mol. The van der Waals surface area contributed by atoms with Crippen molar-refractivity contribution in [3.05, 3.63) is 17.5 Å². The van der Waals surface area contributed by atoms with Gasteiger partial charge in [0.1, 0.15) is 5.69 Å². The van der Waals surface area contributed by atoms with Crippen LogP contribution in [0.4, 0.5) is 0 Å². The monoisotopic (exact) mass is 212 g/mol. The predicted octanol–water partition coefficient (Wildman–Crippen LogP) is 0.744. The van der Waals surface area contributed by atoms with Crippen LogP contribution in [0, 0.1) is 0 Å². The third-order valence-corrected chi connectivity index (χ3v) is 1.85. The molecule has 1 aromatic rings. The molecule has 0 fully saturated rings. The van der Waals surface area contributed by atoms with E-state index in [9.17, 15) is 9.59 Å². The summed E-state index contributed by atoms with van der Waals surface area (Å²) in [5, 5.41) is 14.8. The third kappa shape index (κ3) is 2.55. The molecule has 0 saturated carbocycles. The zero-order valence-electron chi connectivity index (χ0n) is 8.70. The molecule has 0 unspecified atom stereocenters. The SMILES string of the molecule is CC(=O)NC(C)(C)c1cc(C(=O)O)on1. The molecule has 82 valence electrons. The van der Waals surface area contributed by atoms with Gasteiger partial charge in [0.15, 0.2) is 0 Å². The Morgan fingerprint density at radius 3 is 2.53 bits per heavy atom. The highest BCUT2D eigenvalue weighted by Gasteiger charge is 2.26. The van der Waals surface area contributed by atoms with Crippen molar-refractivity contribution in [1.82, 2.24) is 10.5 Å². The largest absolute Gasteiger partial charge is 0.475 e. The Morgan fingerprint density at radius 2 is 2.13 bits per heavy atom. The second kappa shape index (κ2) is 3.72. The summed E-state index contributed by atoms with van der Waals surface area (Å²) in [5.74, 6) is -1.66. The van der Waals surface area contributed by atoms with E-state index < -0.39 is 11.5 Å². The van der Waals surface area contributed by atoms with Crippen molar-refractivity contribution < 1.29 is 19.2 Å². The number of aromatic carboxylic acids is 1. The number of nitrogens with one attached hydrogen (secondary N) is 1. The smallest absolute Gasteiger partial charge is 0.374 e. The lowest BCUT2D eigenvalue weighted by atomic mass is 10.0. The van der Waals surface area contributed by atoms with Crippen LogP contribution in [0.3, 0.4) is 0 Å². The van der Waals surface area contributed by atoms with Crippen LogP contribution in [0.2, 0.25) is 0 Å². The van der Waals surface area contributed by atoms with E-state index >= 15 is 0 Å². The van der Waals surface area contributed by atoms with Crippen molar-refractivity contribution in [3.63, 3.8) is 0 Å². The highest BCUT2D eigenvalue weighted by atomic mass is 16.5. The summed E-state index contributed by atoms with van der Waals surface area (Å²) < 4.78 is 4.59. The maximum Gasteiger partial charge on any atom is 0.374 e. The first kappa shape index (κ1) is 11.2. The molecule has 1 amide bonds. The fourth-order valence-corrected chi connectivity index (χ4v) is 1.17. The summed E-state index contributed by atoms with van der Waals surface area (Å²) >= 11 is 0. The van der Waals surface area contributed by atoms with Crippen molar-refractivity contribution in [2.24, 2.45) is 0 Å². The van der Waals surface area contributed by atoms with Crippen LogP contribution in [0.5, 0.6) is 0 Å². The molecule has 0 atom stereocenters. The van der Waals surface area contributed by atoms with Gasteiger partial charge < -0.3 is 14.9 Å². The molecule has 6 heteroatoms. The van der Waals surface area contributed by atoms with E-state index in [1.165, 1.54) is 13.0 Å². The summed E-state index contributed by atoms with van der Waals surface area (Å²) in [6.45, 7) is 4.79. The first-order valence-corrected chi connectivity index (χ1v) is 4.32. The average molecular weight is 212 g/mol. The van der Waals surface area contributed by atoms with Crippen molar-refractivity contribution >= 4 is 11.9 Å². The molecule has 1 heterocycles. The van der Waals surface area contributed by atoms with E-state index in [4.69, 9.17) is 5.11 Å². The summed E-state index contributed by atoms with van der Waals surface area (Å²) in [4.78, 5) is 21.4. The highest BCUT2D eigenvalue weighted by Crippen LogP contribution is 2.19. The Kier molecular flexibility index (Phi) is 2.78. The van der Waals surface area contributed by atoms with Gasteiger partial charge in [-0.15, -0.1) is 0 Å². The van der Waals surface area contributed by atoms with E-state index in [0.29, 0.717) is 5.69 Å². The number of hydrogen-bond acceptors (Lipinski definition) is 4. The number of amides is 1. The number of hydrogen-bond donors (Lipinski definition) is 2. The number of aromatic nitrogens is 1. The van der Waals surface area contributed by atoms with Crippen LogP contribution in [0.25, 0.3) is 0 Å². The lowest BCUT2D eigenvalue weighted by molar-refractivity contribution is -0.120. The Hall–Kier alpha value is -1.85. The second-order valence-corrected chi connectivity index (χ2v) is 3.69. The molecule has 1 rings (SSSR count). The third-order valence-electron chi connectivity index (χ3n) is 1.85. The number of rotatable bonds is 3. The molecule has 0 bridgehead atoms. The molecule has 0 aliphatic heterocycles. The lowest BCUT2D eigenvalue weighted by Gasteiger charge is -2.22. The summed E-state index contributed by atoms with van der Waals surface area (Å²) in [7, 11) is 0. The van der Waals surface area contributed by atoms with E-state index in [2.05, 4.69) is 15.0 Å². The van der Waals surface area contributed by atoms with E-state index in [1.54, 1.807) is 13.8 Å². The van der Waals surface area contributed by atoms with Gasteiger partial charge >= 0.3 is 5.97 Å². The second-order valence-electron chi connectivity index (χ2n) is 3.69. The minimum atomic E-state index is -1.19. The summed E-state index contributed by atoms with van der Waals surface area (Å²) in [6, 6.07) is 1.29. The van der Waals surface area contributed by atoms with Gasteiger partial charge in [0.2, 0.25) is 11.7 Å². The number of carboxylic acid groups (broad SMARTS) is 1. The molecule has 0 radical (unpaired) electrons. The van der Waals surface area contributed by atoms with Gasteiger partial charge in [-0.05, 0) is 13.8 Å². The maximum atomic E-state index is 10.9. The molecule has 15 heavy (non-hydrogen) atoms. The van der Waals surface area contributed by atoms with Crippen LogP contribution in [-0.2, 0) is 10.3 Å². The van der Waals surface area contributed by atoms with E-state index in [-0.39, 0.29) is 11.7 Å². The van der Waals surface area contributed by atoms with Gasteiger partial charge in [0.05, 0.1) is 5.54 Å². The van der Waals surface area contributed by atoms with Gasteiger partial charge in [0, 0.05) is 13.0 Å². The quantitative estimate of drug-likeness (QED) is 0.771. The average Bonchev–Trinajstić information content (AvgIpc) is 2.48. The maximum absolute atomic E-state index is 10.9. The Labute approximate surface area is 86.3 Å². The Morgan fingerprint density at radius 1 is 1.53 bits per heavy atom. The molecule has 0 spiro atoms. The van der Waals surface area contributed by atoms with Crippen molar-refractivity contribution in [3.8, 4) is 0 Å². The van der Waals surface area contributed by atoms with E-state index in [0.717, 1.165) is 0 Å². The molecule has 2 N–H and O–H groups in total. The molecule has 0 aliphatic rings. The van der Waals surface area contributed by atoms with Crippen LogP contribution < -0.4 is 5.32 Å². The van der Waals surface area contributed by atoms with E-state index in [1.807, 2.05) is 0 Å². The first-order valence-electron chi connectivity index (χ1n) is 4.32. The zero-order valence-corrected chi connectivity index (χ0v) is 8.70. The minimum absolute atomic E-state index is 0.222. The van der Waals surface area contributed by atoms with Crippen LogP contribution >= 0.6 is 0 Å². The minimum Gasteiger partial charge on any atom is -0.475 e. The molecule has 1 aromatic heterocycles. The molecule has 0 aliphatic carbocycles. The topological polar surface area (TPSA) is 92.4 Å². The standard InChI is InChI=1S/C9H12N2O4/c1-5(12)10-9(2,3)7-4-6(8(13)14)15-11-7/h4H,1-3H3,(H,10,12)(H,13,14). The number of nitrogens with zero attached hydrogens (tertiary/aromatic N) is 1. The Bertz CT molecular complexity index is 395. The molecule has 6 nitrogen and oxygen atoms in total. The normalized spacial score (nSPS) is 11.1. The summed E-state index contributed by atoms with van der Waals surface area (Å²) in [5.41, 5.74) is -0.377. The fourth-order valence-electron chi connectivity index (χ4n) is 1.17. The fraction of sp³-hybridized carbons (Fsp3) is 0.444. The first-order chi connectivity index (χ1) is 6.83. The van der Waals surface area contributed by atoms with Gasteiger partial charge in [-0.25, -0.2) is 4.79 Å². The van der Waals surface area contributed by atoms with Gasteiger partial charge in [-0.3, -0.25) is 4.79 Å². The summed E-state index contributed by atoms with van der Waals surface area (Å²) in [6.07, 6.45) is 0. The van der Waals surface area contributed by atoms with Gasteiger partial charge in [-0.2, -0.15) is 0 Å². The number of carbonyl (C=O) groups excluding carboxylic acids is 1. The molecular weight excluding hydrogens is 200 g/mol. The van der Waals surface area contributed by atoms with Crippen molar-refractivity contribution in [1.29, 1.82) is 0 Å². The van der Waals surface area contributed by atoms with Gasteiger partial charge in [-0.1, -0.05) is 5.16 Å². The van der Waals surface area contributed by atoms with Crippen LogP contribution in [0.1, 0.15) is 37.0 Å². The zero-order chi connectivity index (χ0) is 11.6. The molecule has 0 aromatic carbocycles. The van der Waals surface area contributed by atoms with Crippen molar-refractivity contribution in [2.75, 3.05) is 0 Å². The number of carboxylic acids is 1. The number of carbonyl (C=O) groups is 2. The lowest BCUT2D eigenvalue weighted by Crippen LogP contribution is -2.39. The van der Waals surface area contributed by atoms with Crippen LogP contribution in [-0.4, -0.2) is 22.1 Å². The molecule has 0 saturated heterocycles. The Balaban J connectivity index is 2.94. The molecular formula is C9H12N2O4. The highest BCUT2D eigenvalue weighted by molar-refractivity contribution is 5.84. The van der Waals surface area contributed by atoms with Crippen molar-refractivity contribution in [2.45, 2.75) is 26.3 Å². The van der Waals surface area contributed by atoms with Crippen LogP contribution in [0.15, 0.2) is 10.6 Å².